The van der Waals surface area contributed by atoms with Crippen LogP contribution >= 0.6 is 0 Å². The molecule has 0 spiro atoms. The number of phenolic OH excluding ortho intramolecular Hbond substituents is 1. The number of hydrazone groups is 1. The molecule has 27 heavy (non-hydrogen) atoms. The lowest BCUT2D eigenvalue weighted by Crippen LogP contribution is -2.25. The Bertz CT molecular complexity index is 1030. The van der Waals surface area contributed by atoms with Gasteiger partial charge in [-0.05, 0) is 29.1 Å². The number of nitro benzene ring substituents is 1. The van der Waals surface area contributed by atoms with Gasteiger partial charge < -0.3 is 10.4 Å². The van der Waals surface area contributed by atoms with Crippen molar-refractivity contribution in [3.63, 3.8) is 0 Å². The second-order valence-corrected chi connectivity index (χ2v) is 5.68. The molecule has 0 radical (unpaired) electrons. The van der Waals surface area contributed by atoms with E-state index in [1.54, 1.807) is 0 Å². The molecule has 0 aliphatic heterocycles. The van der Waals surface area contributed by atoms with Gasteiger partial charge in [0.15, 0.2) is 5.75 Å². The maximum Gasteiger partial charge on any atom is 0.310 e. The third-order valence-corrected chi connectivity index (χ3v) is 3.83. The van der Waals surface area contributed by atoms with Crippen LogP contribution in [0, 0.1) is 10.1 Å². The van der Waals surface area contributed by atoms with Gasteiger partial charge in [0.1, 0.15) is 0 Å². The highest BCUT2D eigenvalue weighted by atomic mass is 16.6. The third-order valence-electron chi connectivity index (χ3n) is 3.83. The number of nitrogens with one attached hydrogen (secondary N) is 2. The van der Waals surface area contributed by atoms with Crippen molar-refractivity contribution in [3.8, 4) is 5.75 Å². The van der Waals surface area contributed by atoms with Gasteiger partial charge in [-0.1, -0.05) is 36.4 Å². The van der Waals surface area contributed by atoms with Gasteiger partial charge in [-0.25, -0.2) is 5.43 Å². The monoisotopic (exact) mass is 364 g/mol. The van der Waals surface area contributed by atoms with E-state index >= 15 is 0 Å². The summed E-state index contributed by atoms with van der Waals surface area (Å²) in [4.78, 5) is 21.9. The normalized spacial score (nSPS) is 10.8. The van der Waals surface area contributed by atoms with Crippen LogP contribution in [0.3, 0.4) is 0 Å². The van der Waals surface area contributed by atoms with Crippen molar-refractivity contribution in [2.24, 2.45) is 5.10 Å². The molecule has 0 unspecified atom stereocenters. The molecule has 1 amide bonds. The molecule has 0 aliphatic rings. The standard InChI is InChI=1S/C19H16N4O4/c24-18-10-13(8-9-17(18)23(26)27)11-21-22-19(25)12-20-16-7-3-5-14-4-1-2-6-15(14)16/h1-11,20,24H,12H2,(H,22,25)/b21-11+. The fraction of sp³-hybridized carbons (Fsp3) is 0.0526. The number of phenols is 1. The summed E-state index contributed by atoms with van der Waals surface area (Å²) in [6.45, 7) is 0.0247. The molecule has 3 aromatic carbocycles. The number of nitrogens with zero attached hydrogens (tertiary/aromatic N) is 2. The zero-order valence-corrected chi connectivity index (χ0v) is 14.1. The number of hydrogen-bond acceptors (Lipinski definition) is 6. The molecule has 0 aromatic heterocycles. The van der Waals surface area contributed by atoms with Crippen molar-refractivity contribution in [1.82, 2.24) is 5.43 Å². The molecule has 3 aromatic rings. The predicted octanol–water partition coefficient (Wildman–Crippen LogP) is 3.02. The minimum absolute atomic E-state index is 0.0247. The lowest BCUT2D eigenvalue weighted by atomic mass is 10.1. The number of fused-ring (bicyclic) bond motifs is 1. The van der Waals surface area contributed by atoms with Crippen molar-refractivity contribution >= 4 is 34.3 Å². The number of amides is 1. The number of carbonyl (C=O) groups is 1. The summed E-state index contributed by atoms with van der Waals surface area (Å²) in [6.07, 6.45) is 1.29. The Labute approximate surface area is 154 Å². The topological polar surface area (TPSA) is 117 Å². The molecule has 0 heterocycles. The van der Waals surface area contributed by atoms with E-state index < -0.39 is 16.4 Å². The summed E-state index contributed by atoms with van der Waals surface area (Å²) in [5, 5.41) is 29.2. The number of benzene rings is 3. The number of rotatable bonds is 6. The summed E-state index contributed by atoms with van der Waals surface area (Å²) >= 11 is 0. The van der Waals surface area contributed by atoms with Crippen molar-refractivity contribution in [1.29, 1.82) is 0 Å². The van der Waals surface area contributed by atoms with Crippen LogP contribution in [0.2, 0.25) is 0 Å². The van der Waals surface area contributed by atoms with Crippen LogP contribution in [0.1, 0.15) is 5.56 Å². The van der Waals surface area contributed by atoms with Crippen molar-refractivity contribution < 1.29 is 14.8 Å². The Morgan fingerprint density at radius 1 is 1.15 bits per heavy atom. The SMILES string of the molecule is O=C(CNc1cccc2ccccc12)N/N=C/c1ccc([N+](=O)[O-])c(O)c1. The minimum Gasteiger partial charge on any atom is -0.502 e. The summed E-state index contributed by atoms with van der Waals surface area (Å²) in [5.74, 6) is -0.821. The second kappa shape index (κ2) is 7.96. The largest absolute Gasteiger partial charge is 0.502 e. The van der Waals surface area contributed by atoms with Crippen LogP contribution in [0.4, 0.5) is 11.4 Å². The van der Waals surface area contributed by atoms with Gasteiger partial charge >= 0.3 is 5.69 Å². The second-order valence-electron chi connectivity index (χ2n) is 5.68. The van der Waals surface area contributed by atoms with E-state index in [0.717, 1.165) is 16.5 Å². The number of anilines is 1. The quantitative estimate of drug-likeness (QED) is 0.353. The van der Waals surface area contributed by atoms with Crippen molar-refractivity contribution in [2.75, 3.05) is 11.9 Å². The Kier molecular flexibility index (Phi) is 5.27. The molecule has 0 saturated carbocycles. The van der Waals surface area contributed by atoms with E-state index in [1.807, 2.05) is 42.5 Å². The summed E-state index contributed by atoms with van der Waals surface area (Å²) in [6, 6.07) is 17.4. The maximum atomic E-state index is 11.9. The Hall–Kier alpha value is -3.94. The Morgan fingerprint density at radius 3 is 2.70 bits per heavy atom. The number of nitro groups is 1. The lowest BCUT2D eigenvalue weighted by molar-refractivity contribution is -0.385. The highest BCUT2D eigenvalue weighted by Crippen LogP contribution is 2.25. The van der Waals surface area contributed by atoms with Gasteiger partial charge in [0.25, 0.3) is 5.91 Å². The summed E-state index contributed by atoms with van der Waals surface area (Å²) < 4.78 is 0. The van der Waals surface area contributed by atoms with Crippen LogP contribution in [-0.2, 0) is 4.79 Å². The molecule has 0 atom stereocenters. The van der Waals surface area contributed by atoms with Gasteiger partial charge in [-0.3, -0.25) is 14.9 Å². The van der Waals surface area contributed by atoms with E-state index in [9.17, 15) is 20.0 Å². The zero-order valence-electron chi connectivity index (χ0n) is 14.1. The van der Waals surface area contributed by atoms with Crippen LogP contribution in [0.15, 0.2) is 65.8 Å². The average molecular weight is 364 g/mol. The molecule has 3 rings (SSSR count). The molecule has 8 nitrogen and oxygen atoms in total. The maximum absolute atomic E-state index is 11.9. The molecular formula is C19H16N4O4. The molecule has 0 aliphatic carbocycles. The average Bonchev–Trinajstić information content (AvgIpc) is 2.66. The van der Waals surface area contributed by atoms with Crippen LogP contribution in [0.5, 0.6) is 5.75 Å². The highest BCUT2D eigenvalue weighted by Gasteiger charge is 2.12. The Balaban J connectivity index is 1.57. The minimum atomic E-state index is -0.684. The van der Waals surface area contributed by atoms with Gasteiger partial charge in [-0.2, -0.15) is 5.10 Å². The van der Waals surface area contributed by atoms with E-state index in [4.69, 9.17) is 0 Å². The molecule has 8 heteroatoms. The first-order valence-corrected chi connectivity index (χ1v) is 8.05. The molecule has 0 bridgehead atoms. The number of carbonyl (C=O) groups excluding carboxylic acids is 1. The van der Waals surface area contributed by atoms with Crippen molar-refractivity contribution in [3.05, 3.63) is 76.3 Å². The fourth-order valence-corrected chi connectivity index (χ4v) is 2.55. The summed E-state index contributed by atoms with van der Waals surface area (Å²) in [5.41, 5.74) is 3.22. The molecule has 0 saturated heterocycles. The van der Waals surface area contributed by atoms with E-state index in [0.29, 0.717) is 5.56 Å². The van der Waals surface area contributed by atoms with Gasteiger partial charge in [0, 0.05) is 17.1 Å². The highest BCUT2D eigenvalue weighted by molar-refractivity contribution is 5.95. The zero-order chi connectivity index (χ0) is 19.2. The van der Waals surface area contributed by atoms with Crippen LogP contribution < -0.4 is 10.7 Å². The van der Waals surface area contributed by atoms with E-state index in [2.05, 4.69) is 15.8 Å². The Morgan fingerprint density at radius 2 is 1.93 bits per heavy atom. The number of aromatic hydroxyl groups is 1. The molecular weight excluding hydrogens is 348 g/mol. The fourth-order valence-electron chi connectivity index (χ4n) is 2.55. The summed E-state index contributed by atoms with van der Waals surface area (Å²) in [7, 11) is 0. The predicted molar refractivity (Wildman–Crippen MR) is 103 cm³/mol. The van der Waals surface area contributed by atoms with Gasteiger partial charge in [-0.15, -0.1) is 0 Å². The van der Waals surface area contributed by atoms with Gasteiger partial charge in [0.2, 0.25) is 0 Å². The first-order valence-electron chi connectivity index (χ1n) is 8.05. The van der Waals surface area contributed by atoms with Crippen LogP contribution in [0.25, 0.3) is 10.8 Å². The first-order chi connectivity index (χ1) is 13.0. The molecule has 0 fully saturated rings. The first kappa shape index (κ1) is 17.9. The van der Waals surface area contributed by atoms with Crippen LogP contribution in [-0.4, -0.2) is 28.7 Å². The third kappa shape index (κ3) is 4.37. The van der Waals surface area contributed by atoms with E-state index in [1.165, 1.54) is 24.4 Å². The number of hydrogen-bond donors (Lipinski definition) is 3. The molecule has 3 N–H and O–H groups in total. The smallest absolute Gasteiger partial charge is 0.310 e. The molecule has 136 valence electrons. The van der Waals surface area contributed by atoms with Crippen molar-refractivity contribution in [2.45, 2.75) is 0 Å². The van der Waals surface area contributed by atoms with Gasteiger partial charge in [0.05, 0.1) is 17.7 Å². The lowest BCUT2D eigenvalue weighted by Gasteiger charge is -2.08. The van der Waals surface area contributed by atoms with E-state index in [-0.39, 0.29) is 12.5 Å².